The van der Waals surface area contributed by atoms with Crippen LogP contribution in [0.1, 0.15) is 43.4 Å². The number of carbonyl (C=O) groups is 1. The molecular formula is C24H25F6NO3. The molecule has 1 aliphatic rings. The second-order valence-electron chi connectivity index (χ2n) is 8.98. The number of ether oxygens (including phenoxy) is 1. The first kappa shape index (κ1) is 25.9. The van der Waals surface area contributed by atoms with Gasteiger partial charge in [0.05, 0.1) is 6.10 Å². The smallest absolute Gasteiger partial charge is 0.430 e. The van der Waals surface area contributed by atoms with Gasteiger partial charge in [-0.25, -0.2) is 4.79 Å². The average Bonchev–Trinajstić information content (AvgIpc) is 3.11. The van der Waals surface area contributed by atoms with Crippen LogP contribution in [-0.2, 0) is 15.8 Å². The molecule has 0 bridgehead atoms. The summed E-state index contributed by atoms with van der Waals surface area (Å²) in [4.78, 5) is 14.1. The molecule has 0 radical (unpaired) electrons. The molecule has 0 unspecified atom stereocenters. The van der Waals surface area contributed by atoms with E-state index in [0.29, 0.717) is 17.7 Å². The number of likely N-dealkylation sites (tertiary alicyclic amines) is 1. The molecule has 1 amide bonds. The van der Waals surface area contributed by atoms with Crippen LogP contribution in [0.15, 0.2) is 54.6 Å². The van der Waals surface area contributed by atoms with Crippen LogP contribution >= 0.6 is 0 Å². The fourth-order valence-electron chi connectivity index (χ4n) is 4.44. The highest BCUT2D eigenvalue weighted by Crippen LogP contribution is 2.51. The number of hydrogen-bond donors (Lipinski definition) is 1. The molecule has 1 N–H and O–H groups in total. The SMILES string of the molecule is CC(C)OC(=O)N1C[C@@H](c2ccc(C(O)(C(F)(F)F)C(F)(F)F)cc2)[C@@](C)(c2ccccc2)C1. The highest BCUT2D eigenvalue weighted by molar-refractivity contribution is 5.69. The van der Waals surface area contributed by atoms with Gasteiger partial charge < -0.3 is 14.7 Å². The first-order valence-corrected chi connectivity index (χ1v) is 10.6. The maximum atomic E-state index is 13.2. The van der Waals surface area contributed by atoms with Gasteiger partial charge in [0.2, 0.25) is 0 Å². The lowest BCUT2D eigenvalue weighted by Crippen LogP contribution is -2.53. The predicted molar refractivity (Wildman–Crippen MR) is 112 cm³/mol. The average molecular weight is 489 g/mol. The zero-order valence-corrected chi connectivity index (χ0v) is 18.7. The summed E-state index contributed by atoms with van der Waals surface area (Å²) < 4.78 is 84.8. The quantitative estimate of drug-likeness (QED) is 0.544. The van der Waals surface area contributed by atoms with Crippen molar-refractivity contribution in [3.05, 3.63) is 71.3 Å². The van der Waals surface area contributed by atoms with Gasteiger partial charge in [0.15, 0.2) is 0 Å². The number of benzene rings is 2. The number of rotatable bonds is 4. The Morgan fingerprint density at radius 1 is 1.00 bits per heavy atom. The van der Waals surface area contributed by atoms with Crippen LogP contribution in [0.2, 0.25) is 0 Å². The summed E-state index contributed by atoms with van der Waals surface area (Å²) in [6.07, 6.45) is -12.8. The van der Waals surface area contributed by atoms with E-state index in [9.17, 15) is 36.2 Å². The Morgan fingerprint density at radius 2 is 1.53 bits per heavy atom. The molecule has 0 spiro atoms. The van der Waals surface area contributed by atoms with E-state index in [1.807, 2.05) is 37.3 Å². The van der Waals surface area contributed by atoms with Crippen molar-refractivity contribution < 1.29 is 41.0 Å². The molecule has 0 aromatic heterocycles. The van der Waals surface area contributed by atoms with Crippen LogP contribution in [0.3, 0.4) is 0 Å². The Labute approximate surface area is 193 Å². The van der Waals surface area contributed by atoms with Gasteiger partial charge in [-0.3, -0.25) is 0 Å². The maximum absolute atomic E-state index is 13.2. The van der Waals surface area contributed by atoms with Gasteiger partial charge in [-0.2, -0.15) is 26.3 Å². The summed E-state index contributed by atoms with van der Waals surface area (Å²) in [7, 11) is 0. The molecule has 1 saturated heterocycles. The topological polar surface area (TPSA) is 49.8 Å². The lowest BCUT2D eigenvalue weighted by Gasteiger charge is -2.34. The highest BCUT2D eigenvalue weighted by Gasteiger charge is 2.71. The Bertz CT molecular complexity index is 990. The zero-order valence-electron chi connectivity index (χ0n) is 18.7. The molecule has 1 heterocycles. The molecule has 2 aromatic rings. The van der Waals surface area contributed by atoms with Crippen molar-refractivity contribution in [1.82, 2.24) is 4.90 Å². The summed E-state index contributed by atoms with van der Waals surface area (Å²) in [5.41, 5.74) is -5.73. The summed E-state index contributed by atoms with van der Waals surface area (Å²) in [5.74, 6) is -0.450. The standard InChI is InChI=1S/C24H25F6NO3/c1-15(2)34-20(32)31-13-19(21(3,14-31)17-7-5-4-6-8-17)16-9-11-18(12-10-16)22(33,23(25,26)27)24(28,29)30/h4-12,15,19,33H,13-14H2,1-3H3/t19-,21+/m0/s1. The summed E-state index contributed by atoms with van der Waals surface area (Å²) in [6.45, 7) is 5.67. The van der Waals surface area contributed by atoms with Crippen LogP contribution in [0.4, 0.5) is 31.1 Å². The predicted octanol–water partition coefficient (Wildman–Crippen LogP) is 5.90. The molecule has 186 valence electrons. The van der Waals surface area contributed by atoms with E-state index >= 15 is 0 Å². The van der Waals surface area contributed by atoms with Crippen LogP contribution in [-0.4, -0.2) is 47.6 Å². The first-order chi connectivity index (χ1) is 15.6. The first-order valence-electron chi connectivity index (χ1n) is 10.6. The van der Waals surface area contributed by atoms with Crippen molar-refractivity contribution in [2.45, 2.75) is 56.2 Å². The minimum Gasteiger partial charge on any atom is -0.447 e. The third-order valence-corrected chi connectivity index (χ3v) is 6.27. The fraction of sp³-hybridized carbons (Fsp3) is 0.458. The van der Waals surface area contributed by atoms with Gasteiger partial charge in [0.25, 0.3) is 5.60 Å². The van der Waals surface area contributed by atoms with Crippen molar-refractivity contribution >= 4 is 6.09 Å². The largest absolute Gasteiger partial charge is 0.447 e. The third-order valence-electron chi connectivity index (χ3n) is 6.27. The molecule has 4 nitrogen and oxygen atoms in total. The molecule has 2 atom stereocenters. The molecule has 0 saturated carbocycles. The van der Waals surface area contributed by atoms with E-state index < -0.39 is 40.9 Å². The third kappa shape index (κ3) is 4.47. The highest BCUT2D eigenvalue weighted by atomic mass is 19.4. The van der Waals surface area contributed by atoms with Gasteiger partial charge in [0.1, 0.15) is 0 Å². The number of hydrogen-bond acceptors (Lipinski definition) is 3. The number of carbonyl (C=O) groups excluding carboxylic acids is 1. The maximum Gasteiger partial charge on any atom is 0.430 e. The van der Waals surface area contributed by atoms with E-state index in [4.69, 9.17) is 4.74 Å². The van der Waals surface area contributed by atoms with Gasteiger partial charge in [0, 0.05) is 30.0 Å². The van der Waals surface area contributed by atoms with Gasteiger partial charge in [-0.1, -0.05) is 61.5 Å². The van der Waals surface area contributed by atoms with Gasteiger partial charge >= 0.3 is 18.4 Å². The van der Waals surface area contributed by atoms with Crippen LogP contribution in [0, 0.1) is 0 Å². The Balaban J connectivity index is 2.03. The molecule has 3 rings (SSSR count). The molecular weight excluding hydrogens is 464 g/mol. The molecule has 34 heavy (non-hydrogen) atoms. The van der Waals surface area contributed by atoms with E-state index in [0.717, 1.165) is 17.7 Å². The molecule has 0 aliphatic carbocycles. The molecule has 10 heteroatoms. The van der Waals surface area contributed by atoms with Crippen molar-refractivity contribution in [2.75, 3.05) is 13.1 Å². The van der Waals surface area contributed by atoms with Crippen molar-refractivity contribution in [1.29, 1.82) is 0 Å². The van der Waals surface area contributed by atoms with Crippen molar-refractivity contribution in [2.24, 2.45) is 0 Å². The monoisotopic (exact) mass is 489 g/mol. The lowest BCUT2D eigenvalue weighted by atomic mass is 9.71. The second kappa shape index (κ2) is 8.79. The number of halogens is 6. The van der Waals surface area contributed by atoms with Crippen LogP contribution in [0.5, 0.6) is 0 Å². The van der Waals surface area contributed by atoms with E-state index in [1.54, 1.807) is 13.8 Å². The van der Waals surface area contributed by atoms with E-state index in [1.165, 1.54) is 4.90 Å². The Kier molecular flexibility index (Phi) is 6.69. The zero-order chi connectivity index (χ0) is 25.5. The van der Waals surface area contributed by atoms with Crippen molar-refractivity contribution in [3.63, 3.8) is 0 Å². The van der Waals surface area contributed by atoms with Crippen LogP contribution < -0.4 is 0 Å². The second-order valence-corrected chi connectivity index (χ2v) is 8.98. The van der Waals surface area contributed by atoms with E-state index in [2.05, 4.69) is 0 Å². The summed E-state index contributed by atoms with van der Waals surface area (Å²) >= 11 is 0. The molecule has 1 fully saturated rings. The summed E-state index contributed by atoms with van der Waals surface area (Å²) in [6, 6.07) is 12.7. The number of alkyl halides is 6. The number of nitrogens with zero attached hydrogens (tertiary/aromatic N) is 1. The number of amides is 1. The number of aliphatic hydroxyl groups is 1. The van der Waals surface area contributed by atoms with Crippen molar-refractivity contribution in [3.8, 4) is 0 Å². The lowest BCUT2D eigenvalue weighted by molar-refractivity contribution is -0.376. The van der Waals surface area contributed by atoms with E-state index in [-0.39, 0.29) is 19.2 Å². The van der Waals surface area contributed by atoms with Gasteiger partial charge in [-0.05, 0) is 25.0 Å². The minimum absolute atomic E-state index is 0.152. The molecule has 2 aromatic carbocycles. The fourth-order valence-corrected chi connectivity index (χ4v) is 4.44. The van der Waals surface area contributed by atoms with Gasteiger partial charge in [-0.15, -0.1) is 0 Å². The minimum atomic E-state index is -5.96. The van der Waals surface area contributed by atoms with Crippen LogP contribution in [0.25, 0.3) is 0 Å². The Hall–Kier alpha value is -2.75. The molecule has 1 aliphatic heterocycles. The normalized spacial score (nSPS) is 21.7. The Morgan fingerprint density at radius 3 is 2.00 bits per heavy atom. The summed E-state index contributed by atoms with van der Waals surface area (Å²) in [5, 5.41) is 9.67.